The molecule has 0 nitrogen and oxygen atoms in total. The standard InChI is InChI=1S/C26H34.2C14H16.4C13H14.C4H10.C3H8.C2H6/c1-2-12-5-11(1)15-7-17-18(8-16(12)15)20-9-19(17)25-21-10-22(26(20)25)24-14-4-3-13(6-14)23(21)24;1-14(12-5-3-2-4-6-12)10-11-7-8-13(14)9-11;1-2-4-11(5-3-1)8-14-10-12-6-7-13(14)9-12;4*1-2-4-11(5-3-1)13-9-10-6-7-12(13)8-10;1-4(2)3;1-3-2;1-2/h1-2,11-26H,3-10H2;2-8,11,13H,9-10H2,1H3;1-7,12-14H,8-10H2;4*1-7,10,12-13H,8-9H2;4H,1-3H3;3H2,1-2H3;1-2H3. The minimum atomic E-state index is 0.417. The smallest absolute Gasteiger partial charge is 0.000676 e. The first kappa shape index (κ1) is 79.6. The Bertz CT molecular complexity index is 3970. The van der Waals surface area contributed by atoms with Crippen molar-refractivity contribution in [2.45, 2.75) is 226 Å². The van der Waals surface area contributed by atoms with Gasteiger partial charge in [-0.2, -0.15) is 0 Å². The molecule has 14 saturated carbocycles. The summed E-state index contributed by atoms with van der Waals surface area (Å²) in [7, 11) is 0. The van der Waals surface area contributed by atoms with Crippen LogP contribution in [0.4, 0.5) is 0 Å². The molecular weight excluding hydrogens is 1380 g/mol. The summed E-state index contributed by atoms with van der Waals surface area (Å²) in [6.45, 7) is 17.2. The third kappa shape index (κ3) is 16.4. The van der Waals surface area contributed by atoms with Crippen molar-refractivity contribution < 1.29 is 0 Å². The minimum absolute atomic E-state index is 0.417. The average molecular weight is 1530 g/mol. The van der Waals surface area contributed by atoms with E-state index in [0.717, 1.165) is 130 Å². The summed E-state index contributed by atoms with van der Waals surface area (Å²) in [4.78, 5) is 0. The number of hydrogen-bond acceptors (Lipinski definition) is 0. The molecule has 27 rings (SSSR count). The maximum Gasteiger partial charge on any atom is -0.000676 e. The fourth-order valence-corrected chi connectivity index (χ4v) is 30.9. The summed E-state index contributed by atoms with van der Waals surface area (Å²) >= 11 is 0. The number of hydrogen-bond donors (Lipinski definition) is 0. The van der Waals surface area contributed by atoms with Crippen molar-refractivity contribution in [2.75, 3.05) is 0 Å². The van der Waals surface area contributed by atoms with E-state index in [-0.39, 0.29) is 0 Å². The predicted molar refractivity (Wildman–Crippen MR) is 486 cm³/mol. The Kier molecular flexibility index (Phi) is 24.5. The zero-order chi connectivity index (χ0) is 78.3. The topological polar surface area (TPSA) is 0 Å². The highest BCUT2D eigenvalue weighted by atomic mass is 14.8. The van der Waals surface area contributed by atoms with Gasteiger partial charge < -0.3 is 0 Å². The van der Waals surface area contributed by atoms with Gasteiger partial charge in [0.2, 0.25) is 0 Å². The first-order valence-electron chi connectivity index (χ1n) is 48.5. The normalized spacial score (nSPS) is 42.5. The van der Waals surface area contributed by atoms with E-state index in [1.54, 1.807) is 73.6 Å². The zero-order valence-electron chi connectivity index (χ0n) is 72.1. The van der Waals surface area contributed by atoms with Gasteiger partial charge in [-0.25, -0.2) is 0 Å². The van der Waals surface area contributed by atoms with Crippen LogP contribution in [-0.2, 0) is 11.8 Å². The Morgan fingerprint density at radius 1 is 0.287 bits per heavy atom. The van der Waals surface area contributed by atoms with Crippen molar-refractivity contribution in [1.29, 1.82) is 0 Å². The molecule has 0 N–H and O–H groups in total. The maximum atomic E-state index is 2.64. The lowest BCUT2D eigenvalue weighted by atomic mass is 9.52. The Hall–Kier alpha value is -6.50. The molecule has 14 fully saturated rings. The lowest BCUT2D eigenvalue weighted by Crippen LogP contribution is -2.48. The molecule has 34 atom stereocenters. The van der Waals surface area contributed by atoms with Crippen LogP contribution in [0.15, 0.2) is 267 Å². The van der Waals surface area contributed by atoms with Crippen molar-refractivity contribution in [3.8, 4) is 0 Å². The molecule has 0 aromatic heterocycles. The fraction of sp³-hybridized carbons (Fsp3) is 0.565. The number of benzene rings is 6. The van der Waals surface area contributed by atoms with Crippen LogP contribution >= 0.6 is 0 Å². The van der Waals surface area contributed by atoms with E-state index >= 15 is 0 Å². The summed E-state index contributed by atoms with van der Waals surface area (Å²) in [5.41, 5.74) is 9.62. The summed E-state index contributed by atoms with van der Waals surface area (Å²) < 4.78 is 0. The minimum Gasteiger partial charge on any atom is -0.0851 e. The third-order valence-corrected chi connectivity index (χ3v) is 35.0. The summed E-state index contributed by atoms with van der Waals surface area (Å²) in [5, 5.41) is 0. The summed E-state index contributed by atoms with van der Waals surface area (Å²) in [5.74, 6) is 34.2. The largest absolute Gasteiger partial charge is 0.0851 e. The number of rotatable bonds is 7. The van der Waals surface area contributed by atoms with E-state index < -0.39 is 0 Å². The molecule has 0 radical (unpaired) electrons. The molecule has 115 heavy (non-hydrogen) atoms. The second-order valence-corrected chi connectivity index (χ2v) is 42.2. The first-order chi connectivity index (χ1) is 56.4. The van der Waals surface area contributed by atoms with Crippen LogP contribution in [0, 0.1) is 178 Å². The summed E-state index contributed by atoms with van der Waals surface area (Å²) in [6, 6.07) is 65.8. The fourth-order valence-electron chi connectivity index (χ4n) is 30.9. The molecule has 606 valence electrons. The van der Waals surface area contributed by atoms with Gasteiger partial charge in [-0.05, 0) is 375 Å². The van der Waals surface area contributed by atoms with Crippen molar-refractivity contribution in [3.05, 3.63) is 300 Å². The Labute approximate surface area is 699 Å². The van der Waals surface area contributed by atoms with Crippen LogP contribution in [0.2, 0.25) is 0 Å². The maximum absolute atomic E-state index is 2.64. The van der Waals surface area contributed by atoms with E-state index in [1.807, 2.05) is 13.8 Å². The molecule has 21 aliphatic carbocycles. The van der Waals surface area contributed by atoms with E-state index in [0.29, 0.717) is 5.41 Å². The zero-order valence-corrected chi connectivity index (χ0v) is 72.1. The molecule has 0 spiro atoms. The van der Waals surface area contributed by atoms with Gasteiger partial charge in [0.25, 0.3) is 0 Å². The van der Waals surface area contributed by atoms with Crippen LogP contribution in [0.1, 0.15) is 247 Å². The molecule has 6 aromatic rings. The molecule has 0 amide bonds. The van der Waals surface area contributed by atoms with Gasteiger partial charge in [-0.15, -0.1) is 0 Å². The van der Waals surface area contributed by atoms with E-state index in [1.165, 1.54) is 172 Å². The van der Waals surface area contributed by atoms with Crippen LogP contribution in [0.25, 0.3) is 0 Å². The number of fused-ring (bicyclic) bond motifs is 36. The van der Waals surface area contributed by atoms with E-state index in [9.17, 15) is 0 Å². The highest BCUT2D eigenvalue weighted by Crippen LogP contribution is 2.80. The molecule has 0 aliphatic heterocycles. The Morgan fingerprint density at radius 3 is 0.930 bits per heavy atom. The van der Waals surface area contributed by atoms with Crippen molar-refractivity contribution >= 4 is 0 Å². The van der Waals surface area contributed by atoms with Gasteiger partial charge in [-0.1, -0.05) is 329 Å². The lowest BCUT2D eigenvalue weighted by Gasteiger charge is -2.53. The first-order valence-corrected chi connectivity index (χ1v) is 48.5. The molecule has 6 aromatic carbocycles. The molecule has 20 bridgehead atoms. The molecular formula is C115H146. The SMILES string of the molecule is C1=CC2CC1C1CC3C(CC21)C1CC3C2C3CC(C4C5CCC(C5)C34)C12.C1=CC2CC1CC2Cc1ccccc1.C1=CC2CC1CC2c1ccccc1.C1=CC2CC1CC2c1ccccc1.C1=CC2CC1CC2c1ccccc1.C1=CC2CC1CC2c1ccccc1.CC.CC(C)C.CC1(c2ccccc2)CC2C=CC1C2.CCC. The monoisotopic (exact) mass is 1530 g/mol. The van der Waals surface area contributed by atoms with Crippen LogP contribution in [0.5, 0.6) is 0 Å². The predicted octanol–water partition coefficient (Wildman–Crippen LogP) is 30.2. The molecule has 0 heteroatoms. The van der Waals surface area contributed by atoms with Gasteiger partial charge in [0.05, 0.1) is 0 Å². The quantitative estimate of drug-likeness (QED) is 0.110. The Balaban J connectivity index is 0.0000000932. The van der Waals surface area contributed by atoms with Crippen LogP contribution in [-0.4, -0.2) is 0 Å². The van der Waals surface area contributed by atoms with Gasteiger partial charge >= 0.3 is 0 Å². The molecule has 0 saturated heterocycles. The average Bonchev–Trinajstić information content (AvgIpc) is 1.50. The molecule has 21 aliphatic rings. The van der Waals surface area contributed by atoms with Gasteiger partial charge in [0, 0.05) is 0 Å². The third-order valence-electron chi connectivity index (χ3n) is 35.0. The van der Waals surface area contributed by atoms with Gasteiger partial charge in [0.15, 0.2) is 0 Å². The summed E-state index contributed by atoms with van der Waals surface area (Å²) in [6.07, 6.45) is 66.8. The van der Waals surface area contributed by atoms with E-state index in [4.69, 9.17) is 0 Å². The number of allylic oxidation sites excluding steroid dienone is 14. The second-order valence-electron chi connectivity index (χ2n) is 42.2. The van der Waals surface area contributed by atoms with Gasteiger partial charge in [0.1, 0.15) is 0 Å². The Morgan fingerprint density at radius 2 is 0.609 bits per heavy atom. The van der Waals surface area contributed by atoms with Crippen LogP contribution < -0.4 is 0 Å². The molecule has 34 unspecified atom stereocenters. The lowest BCUT2D eigenvalue weighted by molar-refractivity contribution is -0.0467. The van der Waals surface area contributed by atoms with Crippen molar-refractivity contribution in [2.24, 2.45) is 178 Å². The highest BCUT2D eigenvalue weighted by Gasteiger charge is 2.74. The van der Waals surface area contributed by atoms with E-state index in [2.05, 4.69) is 309 Å². The highest BCUT2D eigenvalue weighted by molar-refractivity contribution is 5.35. The van der Waals surface area contributed by atoms with Crippen molar-refractivity contribution in [1.82, 2.24) is 0 Å². The molecule has 0 heterocycles. The van der Waals surface area contributed by atoms with Gasteiger partial charge in [-0.3, -0.25) is 0 Å². The van der Waals surface area contributed by atoms with Crippen LogP contribution in [0.3, 0.4) is 0 Å². The second kappa shape index (κ2) is 35.4. The van der Waals surface area contributed by atoms with Crippen molar-refractivity contribution in [3.63, 3.8) is 0 Å².